The van der Waals surface area contributed by atoms with E-state index in [4.69, 9.17) is 23.5 Å². The van der Waals surface area contributed by atoms with Crippen LogP contribution in [0.5, 0.6) is 11.5 Å². The Morgan fingerprint density at radius 1 is 1.19 bits per heavy atom. The lowest BCUT2D eigenvalue weighted by atomic mass is 9.79. The predicted octanol–water partition coefficient (Wildman–Crippen LogP) is 2.37. The largest absolute Gasteiger partial charge is 0.494 e. The number of hydrogen-bond donors (Lipinski definition) is 0. The summed E-state index contributed by atoms with van der Waals surface area (Å²) in [7, 11) is 1.11. The Morgan fingerprint density at radius 2 is 1.89 bits per heavy atom. The van der Waals surface area contributed by atoms with Crippen LogP contribution in [-0.2, 0) is 18.8 Å². The van der Waals surface area contributed by atoms with Gasteiger partial charge in [0.15, 0.2) is 17.3 Å². The van der Waals surface area contributed by atoms with Crippen LogP contribution in [0.25, 0.3) is 0 Å². The van der Waals surface area contributed by atoms with Gasteiger partial charge in [0.25, 0.3) is 0 Å². The molecule has 0 radical (unpaired) electrons. The van der Waals surface area contributed by atoms with E-state index in [1.165, 1.54) is 0 Å². The molecule has 6 nitrogen and oxygen atoms in total. The van der Waals surface area contributed by atoms with Gasteiger partial charge in [0.1, 0.15) is 6.61 Å². The highest BCUT2D eigenvalue weighted by atomic mass is 16.7. The molecule has 2 aliphatic rings. The molecular weight excluding hydrogens is 347 g/mol. The first-order chi connectivity index (χ1) is 12.7. The van der Waals surface area contributed by atoms with Crippen LogP contribution in [0.15, 0.2) is 18.2 Å². The van der Waals surface area contributed by atoms with Crippen molar-refractivity contribution in [2.24, 2.45) is 5.92 Å². The SMILES string of the molecule is COc1cc(B2OC(C)(C)C(C)(C)O2)ccc1OCC(=O)CC1CCOC1. The summed E-state index contributed by atoms with van der Waals surface area (Å²) in [4.78, 5) is 12.1. The van der Waals surface area contributed by atoms with Crippen LogP contribution >= 0.6 is 0 Å². The third-order valence-electron chi connectivity index (χ3n) is 5.64. The Bertz CT molecular complexity index is 665. The minimum atomic E-state index is -0.470. The van der Waals surface area contributed by atoms with E-state index in [1.807, 2.05) is 39.8 Å². The van der Waals surface area contributed by atoms with Crippen LogP contribution in [0.4, 0.5) is 0 Å². The van der Waals surface area contributed by atoms with E-state index in [0.717, 1.165) is 18.5 Å². The van der Waals surface area contributed by atoms with Crippen LogP contribution in [0.2, 0.25) is 0 Å². The molecule has 1 unspecified atom stereocenters. The molecular formula is C20H29BO6. The molecule has 0 bridgehead atoms. The normalized spacial score (nSPS) is 23.4. The topological polar surface area (TPSA) is 63.2 Å². The molecule has 2 heterocycles. The monoisotopic (exact) mass is 376 g/mol. The summed E-state index contributed by atoms with van der Waals surface area (Å²) in [6.45, 7) is 9.50. The fraction of sp³-hybridized carbons (Fsp3) is 0.650. The Morgan fingerprint density at radius 3 is 2.48 bits per heavy atom. The molecule has 27 heavy (non-hydrogen) atoms. The zero-order valence-electron chi connectivity index (χ0n) is 16.9. The second kappa shape index (κ2) is 7.82. The summed E-state index contributed by atoms with van der Waals surface area (Å²) >= 11 is 0. The first-order valence-corrected chi connectivity index (χ1v) is 9.47. The number of rotatable bonds is 7. The van der Waals surface area contributed by atoms with Crippen molar-refractivity contribution >= 4 is 18.4 Å². The average molecular weight is 376 g/mol. The van der Waals surface area contributed by atoms with E-state index in [2.05, 4.69) is 0 Å². The van der Waals surface area contributed by atoms with Gasteiger partial charge >= 0.3 is 7.12 Å². The van der Waals surface area contributed by atoms with Gasteiger partial charge in [-0.05, 0) is 57.6 Å². The second-order valence-electron chi connectivity index (χ2n) is 8.26. The van der Waals surface area contributed by atoms with Crippen LogP contribution in [0, 0.1) is 5.92 Å². The molecule has 0 amide bonds. The van der Waals surface area contributed by atoms with Gasteiger partial charge in [-0.3, -0.25) is 4.79 Å². The van der Waals surface area contributed by atoms with E-state index in [1.54, 1.807) is 13.2 Å². The van der Waals surface area contributed by atoms with Gasteiger partial charge in [0.2, 0.25) is 0 Å². The van der Waals surface area contributed by atoms with E-state index in [0.29, 0.717) is 30.4 Å². The minimum absolute atomic E-state index is 0.0305. The van der Waals surface area contributed by atoms with Gasteiger partial charge in [-0.25, -0.2) is 0 Å². The third-order valence-corrected chi connectivity index (χ3v) is 5.64. The standard InChI is InChI=1S/C20H29BO6/c1-19(2)20(3,4)27-21(26-19)15-6-7-17(18(11-15)23-5)25-13-16(22)10-14-8-9-24-12-14/h6-7,11,14H,8-10,12-13H2,1-5H3. The van der Waals surface area contributed by atoms with Gasteiger partial charge in [-0.15, -0.1) is 0 Å². The maximum atomic E-state index is 12.1. The van der Waals surface area contributed by atoms with Crippen molar-refractivity contribution < 1.29 is 28.3 Å². The first-order valence-electron chi connectivity index (χ1n) is 9.47. The third kappa shape index (κ3) is 4.47. The fourth-order valence-electron chi connectivity index (χ4n) is 3.21. The lowest BCUT2D eigenvalue weighted by Gasteiger charge is -2.32. The van der Waals surface area contributed by atoms with Crippen molar-refractivity contribution in [3.05, 3.63) is 18.2 Å². The van der Waals surface area contributed by atoms with Crippen LogP contribution < -0.4 is 14.9 Å². The summed E-state index contributed by atoms with van der Waals surface area (Å²) in [6.07, 6.45) is 1.44. The minimum Gasteiger partial charge on any atom is -0.493 e. The Balaban J connectivity index is 1.63. The molecule has 7 heteroatoms. The highest BCUT2D eigenvalue weighted by molar-refractivity contribution is 6.62. The molecule has 0 saturated carbocycles. The maximum absolute atomic E-state index is 12.1. The zero-order chi connectivity index (χ0) is 19.7. The van der Waals surface area contributed by atoms with Crippen molar-refractivity contribution in [2.75, 3.05) is 26.9 Å². The van der Waals surface area contributed by atoms with E-state index < -0.39 is 18.3 Å². The summed E-state index contributed by atoms with van der Waals surface area (Å²) in [5.41, 5.74) is 0.0414. The van der Waals surface area contributed by atoms with Gasteiger partial charge in [-0.2, -0.15) is 0 Å². The molecule has 148 valence electrons. The first kappa shape index (κ1) is 20.2. The van der Waals surface area contributed by atoms with E-state index in [-0.39, 0.29) is 12.4 Å². The number of carbonyl (C=O) groups is 1. The molecule has 0 spiro atoms. The molecule has 1 atom stereocenters. The molecule has 2 fully saturated rings. The van der Waals surface area contributed by atoms with Crippen molar-refractivity contribution in [3.63, 3.8) is 0 Å². The van der Waals surface area contributed by atoms with Crippen molar-refractivity contribution in [1.82, 2.24) is 0 Å². The van der Waals surface area contributed by atoms with E-state index in [9.17, 15) is 4.79 Å². The Labute approximate surface area is 161 Å². The van der Waals surface area contributed by atoms with Crippen LogP contribution in [0.1, 0.15) is 40.5 Å². The quantitative estimate of drug-likeness (QED) is 0.681. The number of benzene rings is 1. The molecule has 1 aromatic rings. The van der Waals surface area contributed by atoms with Crippen molar-refractivity contribution in [3.8, 4) is 11.5 Å². The van der Waals surface area contributed by atoms with E-state index >= 15 is 0 Å². The van der Waals surface area contributed by atoms with Crippen LogP contribution in [0.3, 0.4) is 0 Å². The summed E-state index contributed by atoms with van der Waals surface area (Å²) in [6, 6.07) is 5.52. The lowest BCUT2D eigenvalue weighted by molar-refractivity contribution is -0.122. The molecule has 2 saturated heterocycles. The summed E-state index contributed by atoms with van der Waals surface area (Å²) < 4.78 is 28.6. The summed E-state index contributed by atoms with van der Waals surface area (Å²) in [5.74, 6) is 1.48. The number of ether oxygens (including phenoxy) is 3. The van der Waals surface area contributed by atoms with Crippen molar-refractivity contribution in [1.29, 1.82) is 0 Å². The highest BCUT2D eigenvalue weighted by Gasteiger charge is 2.51. The molecule has 0 aliphatic carbocycles. The van der Waals surface area contributed by atoms with Gasteiger partial charge in [-0.1, -0.05) is 6.07 Å². The molecule has 3 rings (SSSR count). The molecule has 0 N–H and O–H groups in total. The van der Waals surface area contributed by atoms with Gasteiger partial charge in [0.05, 0.1) is 18.3 Å². The summed E-state index contributed by atoms with van der Waals surface area (Å²) in [5, 5.41) is 0. The number of ketones is 1. The molecule has 2 aliphatic heterocycles. The molecule has 0 aromatic heterocycles. The number of methoxy groups -OCH3 is 1. The fourth-order valence-corrected chi connectivity index (χ4v) is 3.21. The van der Waals surface area contributed by atoms with Gasteiger partial charge in [0, 0.05) is 19.6 Å². The zero-order valence-corrected chi connectivity index (χ0v) is 16.9. The van der Waals surface area contributed by atoms with Crippen LogP contribution in [-0.4, -0.2) is 51.0 Å². The lowest BCUT2D eigenvalue weighted by Crippen LogP contribution is -2.41. The maximum Gasteiger partial charge on any atom is 0.494 e. The predicted molar refractivity (Wildman–Crippen MR) is 103 cm³/mol. The smallest absolute Gasteiger partial charge is 0.493 e. The average Bonchev–Trinajstić information content (AvgIpc) is 3.18. The molecule has 1 aromatic carbocycles. The Kier molecular flexibility index (Phi) is 5.84. The Hall–Kier alpha value is -1.57. The number of hydrogen-bond acceptors (Lipinski definition) is 6. The second-order valence-corrected chi connectivity index (χ2v) is 8.26. The van der Waals surface area contributed by atoms with Gasteiger partial charge < -0.3 is 23.5 Å². The number of Topliss-reactive ketones (excluding diaryl/α,β-unsaturated/α-hetero) is 1. The number of carbonyl (C=O) groups excluding carboxylic acids is 1. The highest BCUT2D eigenvalue weighted by Crippen LogP contribution is 2.37. The van der Waals surface area contributed by atoms with Crippen molar-refractivity contribution in [2.45, 2.75) is 51.7 Å².